The minimum absolute atomic E-state index is 0.165. The maximum atomic E-state index is 9.54. The van der Waals surface area contributed by atoms with Crippen LogP contribution in [0.4, 0.5) is 0 Å². The third-order valence-electron chi connectivity index (χ3n) is 2.28. The van der Waals surface area contributed by atoms with Gasteiger partial charge in [-0.3, -0.25) is 0 Å². The van der Waals surface area contributed by atoms with Crippen molar-refractivity contribution in [1.29, 1.82) is 0 Å². The van der Waals surface area contributed by atoms with Crippen LogP contribution in [0.3, 0.4) is 0 Å². The molecule has 2 atom stereocenters. The zero-order valence-corrected chi connectivity index (χ0v) is 9.28. The van der Waals surface area contributed by atoms with E-state index >= 15 is 0 Å². The fraction of sp³-hybridized carbons (Fsp3) is 1.00. The van der Waals surface area contributed by atoms with Gasteiger partial charge in [0.05, 0.1) is 32.0 Å². The minimum Gasteiger partial charge on any atom is -0.389 e. The molecule has 1 fully saturated rings. The molecule has 90 valence electrons. The lowest BCUT2D eigenvalue weighted by molar-refractivity contribution is -0.0118. The monoisotopic (exact) mass is 219 g/mol. The van der Waals surface area contributed by atoms with E-state index in [0.717, 1.165) is 19.6 Å². The summed E-state index contributed by atoms with van der Waals surface area (Å²) in [5.41, 5.74) is 0. The second-order valence-electron chi connectivity index (χ2n) is 3.67. The molecule has 1 heterocycles. The van der Waals surface area contributed by atoms with Gasteiger partial charge in [-0.25, -0.2) is 0 Å². The molecule has 0 radical (unpaired) electrons. The first-order valence-corrected chi connectivity index (χ1v) is 5.40. The van der Waals surface area contributed by atoms with Crippen LogP contribution in [0.2, 0.25) is 0 Å². The number of nitrogens with one attached hydrogen (secondary N) is 1. The van der Waals surface area contributed by atoms with Gasteiger partial charge in [0, 0.05) is 26.8 Å². The second kappa shape index (κ2) is 8.01. The number of hydrogen-bond acceptors (Lipinski definition) is 5. The van der Waals surface area contributed by atoms with Crippen molar-refractivity contribution in [3.8, 4) is 0 Å². The molecule has 0 aromatic carbocycles. The van der Waals surface area contributed by atoms with Gasteiger partial charge in [-0.05, 0) is 6.42 Å². The lowest BCUT2D eigenvalue weighted by Gasteiger charge is -2.15. The van der Waals surface area contributed by atoms with Gasteiger partial charge in [-0.15, -0.1) is 0 Å². The van der Waals surface area contributed by atoms with E-state index in [-0.39, 0.29) is 6.10 Å². The van der Waals surface area contributed by atoms with Crippen LogP contribution >= 0.6 is 0 Å². The van der Waals surface area contributed by atoms with Crippen LogP contribution in [-0.4, -0.2) is 63.9 Å². The van der Waals surface area contributed by atoms with Gasteiger partial charge >= 0.3 is 0 Å². The van der Waals surface area contributed by atoms with Gasteiger partial charge in [-0.2, -0.15) is 0 Å². The summed E-state index contributed by atoms with van der Waals surface area (Å²) in [6.07, 6.45) is 0.644. The maximum Gasteiger partial charge on any atom is 0.0897 e. The Hall–Kier alpha value is -0.200. The minimum atomic E-state index is -0.456. The summed E-state index contributed by atoms with van der Waals surface area (Å²) >= 11 is 0. The summed E-state index contributed by atoms with van der Waals surface area (Å²) in [5, 5.41) is 12.6. The van der Waals surface area contributed by atoms with Gasteiger partial charge < -0.3 is 24.6 Å². The van der Waals surface area contributed by atoms with Crippen molar-refractivity contribution in [2.75, 3.05) is 46.6 Å². The summed E-state index contributed by atoms with van der Waals surface area (Å²) in [6.45, 7) is 3.74. The zero-order chi connectivity index (χ0) is 10.9. The number of aliphatic hydroxyl groups is 1. The largest absolute Gasteiger partial charge is 0.389 e. The molecule has 15 heavy (non-hydrogen) atoms. The number of aliphatic hydroxyl groups excluding tert-OH is 1. The molecule has 5 nitrogen and oxygen atoms in total. The summed E-state index contributed by atoms with van der Waals surface area (Å²) in [5.74, 6) is 0. The topological polar surface area (TPSA) is 60.0 Å². The quantitative estimate of drug-likeness (QED) is 0.533. The van der Waals surface area contributed by atoms with Crippen molar-refractivity contribution in [1.82, 2.24) is 5.32 Å². The highest BCUT2D eigenvalue weighted by molar-refractivity contribution is 4.65. The highest BCUT2D eigenvalue weighted by Crippen LogP contribution is 2.07. The SMILES string of the molecule is COCCNCC(O)COC1CCOC1. The van der Waals surface area contributed by atoms with Crippen LogP contribution in [0.1, 0.15) is 6.42 Å². The average Bonchev–Trinajstić information content (AvgIpc) is 2.74. The zero-order valence-electron chi connectivity index (χ0n) is 9.28. The molecule has 0 aromatic heterocycles. The predicted octanol–water partition coefficient (Wildman–Crippen LogP) is -0.611. The predicted molar refractivity (Wildman–Crippen MR) is 55.9 cm³/mol. The van der Waals surface area contributed by atoms with E-state index in [0.29, 0.717) is 26.4 Å². The number of ether oxygens (including phenoxy) is 3. The molecule has 0 aromatic rings. The van der Waals surface area contributed by atoms with Gasteiger partial charge in [0.1, 0.15) is 0 Å². The Morgan fingerprint density at radius 1 is 1.60 bits per heavy atom. The first kappa shape index (κ1) is 12.9. The summed E-state index contributed by atoms with van der Waals surface area (Å²) in [7, 11) is 1.65. The van der Waals surface area contributed by atoms with Crippen LogP contribution in [0.25, 0.3) is 0 Å². The molecule has 1 rings (SSSR count). The van der Waals surface area contributed by atoms with Crippen molar-refractivity contribution >= 4 is 0 Å². The molecule has 0 saturated carbocycles. The standard InChI is InChI=1S/C10H21NO4/c1-13-5-3-11-6-9(12)7-15-10-2-4-14-8-10/h9-12H,2-8H2,1H3. The number of hydrogen-bond donors (Lipinski definition) is 2. The lowest BCUT2D eigenvalue weighted by atomic mass is 10.3. The van der Waals surface area contributed by atoms with Crippen molar-refractivity contribution in [3.05, 3.63) is 0 Å². The molecular weight excluding hydrogens is 198 g/mol. The highest BCUT2D eigenvalue weighted by atomic mass is 16.5. The molecule has 2 N–H and O–H groups in total. The van der Waals surface area contributed by atoms with E-state index in [1.807, 2.05) is 0 Å². The fourth-order valence-corrected chi connectivity index (χ4v) is 1.39. The number of rotatable bonds is 8. The van der Waals surface area contributed by atoms with E-state index < -0.39 is 6.10 Å². The smallest absolute Gasteiger partial charge is 0.0897 e. The third kappa shape index (κ3) is 6.06. The molecule has 1 aliphatic heterocycles. The molecule has 0 aliphatic carbocycles. The normalized spacial score (nSPS) is 23.2. The van der Waals surface area contributed by atoms with Crippen molar-refractivity contribution in [2.45, 2.75) is 18.6 Å². The van der Waals surface area contributed by atoms with Crippen molar-refractivity contribution in [3.63, 3.8) is 0 Å². The average molecular weight is 219 g/mol. The van der Waals surface area contributed by atoms with Crippen LogP contribution in [0.15, 0.2) is 0 Å². The molecule has 0 spiro atoms. The Bertz CT molecular complexity index is 150. The Kier molecular flexibility index (Phi) is 6.87. The van der Waals surface area contributed by atoms with Crippen molar-refractivity contribution in [2.24, 2.45) is 0 Å². The van der Waals surface area contributed by atoms with Crippen molar-refractivity contribution < 1.29 is 19.3 Å². The Labute approximate surface area is 90.7 Å². The molecule has 2 unspecified atom stereocenters. The fourth-order valence-electron chi connectivity index (χ4n) is 1.39. The van der Waals surface area contributed by atoms with Crippen LogP contribution in [0.5, 0.6) is 0 Å². The lowest BCUT2D eigenvalue weighted by Crippen LogP contribution is -2.33. The third-order valence-corrected chi connectivity index (χ3v) is 2.28. The van der Waals surface area contributed by atoms with Gasteiger partial charge in [0.2, 0.25) is 0 Å². The molecular formula is C10H21NO4. The van der Waals surface area contributed by atoms with E-state index in [9.17, 15) is 5.11 Å². The van der Waals surface area contributed by atoms with Crippen LogP contribution < -0.4 is 5.32 Å². The summed E-state index contributed by atoms with van der Waals surface area (Å²) in [4.78, 5) is 0. The molecule has 0 amide bonds. The van der Waals surface area contributed by atoms with Gasteiger partial charge in [0.15, 0.2) is 0 Å². The van der Waals surface area contributed by atoms with E-state index in [4.69, 9.17) is 14.2 Å². The van der Waals surface area contributed by atoms with E-state index in [1.165, 1.54) is 0 Å². The first-order valence-electron chi connectivity index (χ1n) is 5.40. The van der Waals surface area contributed by atoms with Gasteiger partial charge in [0.25, 0.3) is 0 Å². The van der Waals surface area contributed by atoms with Gasteiger partial charge in [-0.1, -0.05) is 0 Å². The first-order chi connectivity index (χ1) is 7.33. The highest BCUT2D eigenvalue weighted by Gasteiger charge is 2.17. The second-order valence-corrected chi connectivity index (χ2v) is 3.67. The molecule has 5 heteroatoms. The van der Waals surface area contributed by atoms with E-state index in [2.05, 4.69) is 5.32 Å². The van der Waals surface area contributed by atoms with E-state index in [1.54, 1.807) is 7.11 Å². The Morgan fingerprint density at radius 2 is 2.47 bits per heavy atom. The summed E-state index contributed by atoms with van der Waals surface area (Å²) in [6, 6.07) is 0. The maximum absolute atomic E-state index is 9.54. The number of methoxy groups -OCH3 is 1. The van der Waals surface area contributed by atoms with Crippen LogP contribution in [-0.2, 0) is 14.2 Å². The molecule has 0 bridgehead atoms. The Morgan fingerprint density at radius 3 is 3.13 bits per heavy atom. The summed E-state index contributed by atoms with van der Waals surface area (Å²) < 4.78 is 15.5. The molecule has 1 aliphatic rings. The van der Waals surface area contributed by atoms with Crippen LogP contribution in [0, 0.1) is 0 Å². The Balaban J connectivity index is 1.90. The molecule has 1 saturated heterocycles.